The van der Waals surface area contributed by atoms with E-state index >= 15 is 0 Å². The Morgan fingerprint density at radius 2 is 2.12 bits per heavy atom. The number of nitrogens with zero attached hydrogens (tertiary/aromatic N) is 2. The van der Waals surface area contributed by atoms with Gasteiger partial charge >= 0.3 is 0 Å². The van der Waals surface area contributed by atoms with E-state index < -0.39 is 0 Å². The van der Waals surface area contributed by atoms with Gasteiger partial charge in [0.05, 0.1) is 12.9 Å². The van der Waals surface area contributed by atoms with Gasteiger partial charge in [-0.15, -0.1) is 0 Å². The Hall–Kier alpha value is -1.68. The Bertz CT molecular complexity index is 568. The summed E-state index contributed by atoms with van der Waals surface area (Å²) in [7, 11) is 0. The van der Waals surface area contributed by atoms with Crippen molar-refractivity contribution in [2.45, 2.75) is 6.54 Å². The van der Waals surface area contributed by atoms with Gasteiger partial charge in [0.25, 0.3) is 5.56 Å². The first-order valence-corrected chi connectivity index (χ1v) is 5.00. The Labute approximate surface area is 96.1 Å². The molecule has 0 aliphatic rings. The summed E-state index contributed by atoms with van der Waals surface area (Å²) >= 11 is 5.55. The summed E-state index contributed by atoms with van der Waals surface area (Å²) in [5, 5.41) is 0.134. The van der Waals surface area contributed by atoms with Crippen molar-refractivity contribution in [3.8, 4) is 0 Å². The number of aromatic nitrogens is 2. The fraction of sp³-hybridized carbons (Fsp3) is 0.0909. The third-order valence-electron chi connectivity index (χ3n) is 2.14. The van der Waals surface area contributed by atoms with Gasteiger partial charge in [-0.3, -0.25) is 9.36 Å². The molecule has 0 atom stereocenters. The van der Waals surface area contributed by atoms with Gasteiger partial charge in [-0.2, -0.15) is 0 Å². The van der Waals surface area contributed by atoms with E-state index in [0.717, 1.165) is 0 Å². The number of rotatable bonds is 2. The Morgan fingerprint density at radius 1 is 1.38 bits per heavy atom. The molecule has 2 rings (SSSR count). The lowest BCUT2D eigenvalue weighted by Crippen LogP contribution is -2.20. The number of hydrogen-bond acceptors (Lipinski definition) is 2. The lowest BCUT2D eigenvalue weighted by Gasteiger charge is -2.05. The van der Waals surface area contributed by atoms with Gasteiger partial charge in [0, 0.05) is 11.6 Å². The molecule has 0 radical (unpaired) electrons. The second-order valence-electron chi connectivity index (χ2n) is 3.27. The molecule has 0 amide bonds. The molecule has 2 aromatic rings. The predicted molar refractivity (Wildman–Crippen MR) is 59.0 cm³/mol. The summed E-state index contributed by atoms with van der Waals surface area (Å²) in [5.41, 5.74) is 0.136. The van der Waals surface area contributed by atoms with Crippen molar-refractivity contribution in [2.75, 3.05) is 0 Å². The van der Waals surface area contributed by atoms with E-state index in [1.54, 1.807) is 18.2 Å². The highest BCUT2D eigenvalue weighted by atomic mass is 35.5. The number of hydrogen-bond donors (Lipinski definition) is 0. The molecule has 1 aromatic carbocycles. The molecule has 1 heterocycles. The molecule has 0 N–H and O–H groups in total. The van der Waals surface area contributed by atoms with E-state index in [1.807, 2.05) is 0 Å². The summed E-state index contributed by atoms with van der Waals surface area (Å²) in [5.74, 6) is -0.343. The van der Waals surface area contributed by atoms with E-state index in [4.69, 9.17) is 11.6 Å². The van der Waals surface area contributed by atoms with Crippen molar-refractivity contribution in [2.24, 2.45) is 0 Å². The summed E-state index contributed by atoms with van der Waals surface area (Å²) in [4.78, 5) is 15.2. The maximum atomic E-state index is 13.3. The van der Waals surface area contributed by atoms with Crippen LogP contribution in [-0.2, 0) is 6.54 Å². The van der Waals surface area contributed by atoms with Crippen LogP contribution in [0.4, 0.5) is 4.39 Å². The van der Waals surface area contributed by atoms with Gasteiger partial charge in [0.2, 0.25) is 0 Å². The Morgan fingerprint density at radius 3 is 2.81 bits per heavy atom. The summed E-state index contributed by atoms with van der Waals surface area (Å²) in [6.45, 7) is 0.148. The van der Waals surface area contributed by atoms with Crippen LogP contribution in [0.15, 0.2) is 41.5 Å². The fourth-order valence-corrected chi connectivity index (χ4v) is 1.47. The third-order valence-corrected chi connectivity index (χ3v) is 2.35. The topological polar surface area (TPSA) is 34.9 Å². The highest BCUT2D eigenvalue weighted by Crippen LogP contribution is 2.07. The molecule has 82 valence electrons. The molecule has 0 spiro atoms. The summed E-state index contributed by atoms with van der Waals surface area (Å²) in [6.07, 6.45) is 1.30. The average molecular weight is 239 g/mol. The number of benzene rings is 1. The standard InChI is InChI=1S/C11H8ClFN2O/c12-10-5-11(16)15(7-14-10)6-8-3-1-2-4-9(8)13/h1-5,7H,6H2. The molecule has 0 fully saturated rings. The van der Waals surface area contributed by atoms with Gasteiger partial charge in [0.1, 0.15) is 11.0 Å². The van der Waals surface area contributed by atoms with E-state index in [2.05, 4.69) is 4.98 Å². The monoisotopic (exact) mass is 238 g/mol. The van der Waals surface area contributed by atoms with Gasteiger partial charge in [-0.25, -0.2) is 9.37 Å². The van der Waals surface area contributed by atoms with Crippen LogP contribution in [-0.4, -0.2) is 9.55 Å². The second kappa shape index (κ2) is 4.45. The van der Waals surface area contributed by atoms with Crippen LogP contribution in [0.3, 0.4) is 0 Å². The van der Waals surface area contributed by atoms with Crippen LogP contribution in [0.25, 0.3) is 0 Å². The summed E-state index contributed by atoms with van der Waals surface area (Å²) < 4.78 is 14.6. The van der Waals surface area contributed by atoms with Crippen molar-refractivity contribution in [1.29, 1.82) is 0 Å². The molecule has 0 saturated heterocycles. The Balaban J connectivity index is 2.35. The van der Waals surface area contributed by atoms with Crippen LogP contribution in [0.5, 0.6) is 0 Å². The molecule has 5 heteroatoms. The first-order chi connectivity index (χ1) is 7.66. The summed E-state index contributed by atoms with van der Waals surface area (Å²) in [6, 6.07) is 7.48. The lowest BCUT2D eigenvalue weighted by molar-refractivity contribution is 0.594. The fourth-order valence-electron chi connectivity index (χ4n) is 1.33. The molecule has 3 nitrogen and oxygen atoms in total. The first kappa shape index (κ1) is 10.8. The SMILES string of the molecule is O=c1cc(Cl)ncn1Cc1ccccc1F. The second-order valence-corrected chi connectivity index (χ2v) is 3.66. The van der Waals surface area contributed by atoms with E-state index in [1.165, 1.54) is 23.0 Å². The van der Waals surface area contributed by atoms with Gasteiger partial charge in [0.15, 0.2) is 0 Å². The smallest absolute Gasteiger partial charge is 0.255 e. The maximum absolute atomic E-state index is 13.3. The zero-order chi connectivity index (χ0) is 11.5. The molecule has 1 aromatic heterocycles. The molecule has 0 unspecified atom stereocenters. The van der Waals surface area contributed by atoms with Crippen LogP contribution in [0, 0.1) is 5.82 Å². The quantitative estimate of drug-likeness (QED) is 0.751. The Kier molecular flexibility index (Phi) is 3.01. The maximum Gasteiger partial charge on any atom is 0.255 e. The van der Waals surface area contributed by atoms with E-state index in [9.17, 15) is 9.18 Å². The van der Waals surface area contributed by atoms with Crippen molar-refractivity contribution >= 4 is 11.6 Å². The highest BCUT2D eigenvalue weighted by molar-refractivity contribution is 6.29. The third kappa shape index (κ3) is 2.28. The molecule has 0 aliphatic heterocycles. The minimum absolute atomic E-state index is 0.134. The molecule has 16 heavy (non-hydrogen) atoms. The lowest BCUT2D eigenvalue weighted by atomic mass is 10.2. The van der Waals surface area contributed by atoms with Crippen LogP contribution in [0.2, 0.25) is 5.15 Å². The van der Waals surface area contributed by atoms with E-state index in [0.29, 0.717) is 5.56 Å². The van der Waals surface area contributed by atoms with Crippen LogP contribution < -0.4 is 5.56 Å². The molecule has 0 aliphatic carbocycles. The highest BCUT2D eigenvalue weighted by Gasteiger charge is 2.03. The van der Waals surface area contributed by atoms with Gasteiger partial charge in [-0.1, -0.05) is 29.8 Å². The van der Waals surface area contributed by atoms with E-state index in [-0.39, 0.29) is 23.1 Å². The molecule has 0 bridgehead atoms. The minimum Gasteiger partial charge on any atom is -0.295 e. The van der Waals surface area contributed by atoms with Crippen LogP contribution in [0.1, 0.15) is 5.56 Å². The van der Waals surface area contributed by atoms with Gasteiger partial charge in [-0.05, 0) is 6.07 Å². The number of halogens is 2. The zero-order valence-corrected chi connectivity index (χ0v) is 8.99. The van der Waals surface area contributed by atoms with Crippen molar-refractivity contribution in [3.63, 3.8) is 0 Å². The molecule has 0 saturated carbocycles. The minimum atomic E-state index is -0.343. The van der Waals surface area contributed by atoms with Gasteiger partial charge < -0.3 is 0 Å². The van der Waals surface area contributed by atoms with Crippen molar-refractivity contribution in [1.82, 2.24) is 9.55 Å². The van der Waals surface area contributed by atoms with Crippen molar-refractivity contribution in [3.05, 3.63) is 63.5 Å². The largest absolute Gasteiger partial charge is 0.295 e. The zero-order valence-electron chi connectivity index (χ0n) is 8.23. The predicted octanol–water partition coefficient (Wildman–Crippen LogP) is 2.08. The van der Waals surface area contributed by atoms with Crippen LogP contribution >= 0.6 is 11.6 Å². The molecular weight excluding hydrogens is 231 g/mol. The molecular formula is C11H8ClFN2O. The average Bonchev–Trinajstić information content (AvgIpc) is 2.25. The first-order valence-electron chi connectivity index (χ1n) is 4.62. The van der Waals surface area contributed by atoms with Crippen molar-refractivity contribution < 1.29 is 4.39 Å². The normalized spacial score (nSPS) is 10.4.